The quantitative estimate of drug-likeness (QED) is 0.463. The summed E-state index contributed by atoms with van der Waals surface area (Å²) in [6.45, 7) is 1.16. The number of amides is 1. The van der Waals surface area contributed by atoms with Gasteiger partial charge in [-0.2, -0.15) is 0 Å². The molecule has 0 saturated heterocycles. The lowest BCUT2D eigenvalue weighted by atomic mass is 10.2. The molecule has 0 saturated carbocycles. The van der Waals surface area contributed by atoms with E-state index < -0.39 is 0 Å². The molecule has 0 unspecified atom stereocenters. The number of carbonyl (C=O) groups is 1. The van der Waals surface area contributed by atoms with Crippen LogP contribution in [0.1, 0.15) is 16.2 Å². The third-order valence-electron chi connectivity index (χ3n) is 4.66. The van der Waals surface area contributed by atoms with E-state index >= 15 is 0 Å². The van der Waals surface area contributed by atoms with Crippen molar-refractivity contribution >= 4 is 28.5 Å². The fourth-order valence-electron chi connectivity index (χ4n) is 3.18. The number of aromatic nitrogens is 2. The van der Waals surface area contributed by atoms with Gasteiger partial charge in [0, 0.05) is 5.56 Å². The molecule has 152 valence electrons. The van der Waals surface area contributed by atoms with Crippen molar-refractivity contribution in [3.8, 4) is 5.75 Å². The van der Waals surface area contributed by atoms with Crippen molar-refractivity contribution in [2.24, 2.45) is 0 Å². The maximum Gasteiger partial charge on any atom is 0.251 e. The summed E-state index contributed by atoms with van der Waals surface area (Å²) in [5.41, 5.74) is 2.17. The van der Waals surface area contributed by atoms with Crippen molar-refractivity contribution in [3.05, 3.63) is 95.0 Å². The molecule has 4 rings (SSSR count). The first-order valence-corrected chi connectivity index (χ1v) is 9.85. The number of nitrogens with zero attached hydrogens (tertiary/aromatic N) is 2. The second-order valence-electron chi connectivity index (χ2n) is 6.64. The van der Waals surface area contributed by atoms with Gasteiger partial charge in [-0.3, -0.25) is 4.79 Å². The van der Waals surface area contributed by atoms with Crippen molar-refractivity contribution in [3.63, 3.8) is 0 Å². The molecule has 0 fully saturated rings. The van der Waals surface area contributed by atoms with Gasteiger partial charge in [0.1, 0.15) is 24.0 Å². The molecular formula is C23H19ClFN3O2. The molecule has 1 heterocycles. The summed E-state index contributed by atoms with van der Waals surface area (Å²) < 4.78 is 20.9. The van der Waals surface area contributed by atoms with Crippen LogP contribution in [0.25, 0.3) is 11.0 Å². The molecule has 0 radical (unpaired) electrons. The Hall–Kier alpha value is -3.38. The number of halogens is 2. The molecule has 0 bridgehead atoms. The maximum absolute atomic E-state index is 13.1. The molecule has 5 nitrogen and oxygen atoms in total. The summed E-state index contributed by atoms with van der Waals surface area (Å²) in [6, 6.07) is 20.5. The smallest absolute Gasteiger partial charge is 0.251 e. The summed E-state index contributed by atoms with van der Waals surface area (Å²) in [4.78, 5) is 17.0. The van der Waals surface area contributed by atoms with Crippen LogP contribution < -0.4 is 10.1 Å². The number of benzene rings is 3. The largest absolute Gasteiger partial charge is 0.490 e. The normalized spacial score (nSPS) is 10.9. The molecule has 1 N–H and O–H groups in total. The standard InChI is InChI=1S/C23H19ClFN3O2/c24-18-5-1-4-8-21(18)30-14-13-28-20-7-3-2-6-19(20)27-22(28)15-26-23(29)16-9-11-17(25)12-10-16/h1-12H,13-15H2,(H,26,29). The lowest BCUT2D eigenvalue weighted by Crippen LogP contribution is -2.25. The Morgan fingerprint density at radius 2 is 1.77 bits per heavy atom. The average Bonchev–Trinajstić information content (AvgIpc) is 3.11. The van der Waals surface area contributed by atoms with E-state index in [2.05, 4.69) is 10.3 Å². The first-order chi connectivity index (χ1) is 14.6. The summed E-state index contributed by atoms with van der Waals surface area (Å²) in [5.74, 6) is 0.650. The first kappa shape index (κ1) is 19.9. The van der Waals surface area contributed by atoms with Gasteiger partial charge in [0.2, 0.25) is 0 Å². The zero-order chi connectivity index (χ0) is 20.9. The number of rotatable bonds is 7. The maximum atomic E-state index is 13.1. The van der Waals surface area contributed by atoms with Crippen LogP contribution in [-0.4, -0.2) is 22.1 Å². The van der Waals surface area contributed by atoms with E-state index in [9.17, 15) is 9.18 Å². The highest BCUT2D eigenvalue weighted by Crippen LogP contribution is 2.23. The SMILES string of the molecule is O=C(NCc1nc2ccccc2n1CCOc1ccccc1Cl)c1ccc(F)cc1. The van der Waals surface area contributed by atoms with Gasteiger partial charge >= 0.3 is 0 Å². The van der Waals surface area contributed by atoms with Gasteiger partial charge < -0.3 is 14.6 Å². The number of hydrogen-bond acceptors (Lipinski definition) is 3. The Labute approximate surface area is 178 Å². The highest BCUT2D eigenvalue weighted by Gasteiger charge is 2.13. The van der Waals surface area contributed by atoms with E-state index in [-0.39, 0.29) is 18.3 Å². The van der Waals surface area contributed by atoms with Crippen molar-refractivity contribution in [2.75, 3.05) is 6.61 Å². The lowest BCUT2D eigenvalue weighted by molar-refractivity contribution is 0.0949. The molecule has 0 aliphatic carbocycles. The number of fused-ring (bicyclic) bond motifs is 1. The third-order valence-corrected chi connectivity index (χ3v) is 4.97. The second-order valence-corrected chi connectivity index (χ2v) is 7.04. The molecule has 4 aromatic rings. The van der Waals surface area contributed by atoms with Crippen LogP contribution >= 0.6 is 11.6 Å². The number of ether oxygens (including phenoxy) is 1. The van der Waals surface area contributed by atoms with Gasteiger partial charge in [0.15, 0.2) is 0 Å². The molecule has 7 heteroatoms. The van der Waals surface area contributed by atoms with E-state index in [0.717, 1.165) is 11.0 Å². The van der Waals surface area contributed by atoms with Gasteiger partial charge in [-0.05, 0) is 48.5 Å². The van der Waals surface area contributed by atoms with Gasteiger partial charge in [0.25, 0.3) is 5.91 Å². The van der Waals surface area contributed by atoms with Gasteiger partial charge in [0.05, 0.1) is 29.1 Å². The monoisotopic (exact) mass is 423 g/mol. The van der Waals surface area contributed by atoms with E-state index in [1.54, 1.807) is 6.07 Å². The van der Waals surface area contributed by atoms with E-state index in [4.69, 9.17) is 16.3 Å². The molecule has 0 aliphatic heterocycles. The molecule has 1 aromatic heterocycles. The number of nitrogens with one attached hydrogen (secondary N) is 1. The minimum atomic E-state index is -0.383. The van der Waals surface area contributed by atoms with Crippen LogP contribution in [0.2, 0.25) is 5.02 Å². The highest BCUT2D eigenvalue weighted by molar-refractivity contribution is 6.32. The Morgan fingerprint density at radius 3 is 2.57 bits per heavy atom. The zero-order valence-electron chi connectivity index (χ0n) is 16.0. The van der Waals surface area contributed by atoms with Crippen molar-refractivity contribution in [2.45, 2.75) is 13.1 Å². The van der Waals surface area contributed by atoms with Crippen molar-refractivity contribution in [1.82, 2.24) is 14.9 Å². The van der Waals surface area contributed by atoms with Crippen LogP contribution in [0.15, 0.2) is 72.8 Å². The molecule has 0 spiro atoms. The third kappa shape index (κ3) is 4.44. The van der Waals surface area contributed by atoms with E-state index in [1.807, 2.05) is 47.0 Å². The Morgan fingerprint density at radius 1 is 1.03 bits per heavy atom. The summed E-state index contributed by atoms with van der Waals surface area (Å²) >= 11 is 6.15. The predicted molar refractivity (Wildman–Crippen MR) is 114 cm³/mol. The number of carbonyl (C=O) groups excluding carboxylic acids is 1. The van der Waals surface area contributed by atoms with E-state index in [0.29, 0.717) is 35.3 Å². The summed E-state index contributed by atoms with van der Waals surface area (Å²) in [6.07, 6.45) is 0. The van der Waals surface area contributed by atoms with Crippen molar-refractivity contribution < 1.29 is 13.9 Å². The molecule has 0 aliphatic rings. The summed E-state index contributed by atoms with van der Waals surface area (Å²) in [5, 5.41) is 3.40. The minimum absolute atomic E-state index is 0.233. The Kier molecular flexibility index (Phi) is 5.95. The highest BCUT2D eigenvalue weighted by atomic mass is 35.5. The summed E-state index contributed by atoms with van der Waals surface area (Å²) in [7, 11) is 0. The van der Waals surface area contributed by atoms with Gasteiger partial charge in [-0.1, -0.05) is 35.9 Å². The van der Waals surface area contributed by atoms with Crippen LogP contribution in [0.3, 0.4) is 0 Å². The van der Waals surface area contributed by atoms with Crippen LogP contribution in [0.5, 0.6) is 5.75 Å². The van der Waals surface area contributed by atoms with Crippen LogP contribution in [-0.2, 0) is 13.1 Å². The van der Waals surface area contributed by atoms with Crippen LogP contribution in [0.4, 0.5) is 4.39 Å². The molecule has 1 amide bonds. The topological polar surface area (TPSA) is 56.2 Å². The number of para-hydroxylation sites is 3. The van der Waals surface area contributed by atoms with Crippen LogP contribution in [0, 0.1) is 5.82 Å². The average molecular weight is 424 g/mol. The molecule has 3 aromatic carbocycles. The van der Waals surface area contributed by atoms with E-state index in [1.165, 1.54) is 24.3 Å². The fraction of sp³-hybridized carbons (Fsp3) is 0.130. The molecule has 30 heavy (non-hydrogen) atoms. The Balaban J connectivity index is 1.49. The lowest BCUT2D eigenvalue weighted by Gasteiger charge is -2.12. The molecule has 0 atom stereocenters. The Bertz CT molecular complexity index is 1170. The van der Waals surface area contributed by atoms with Crippen molar-refractivity contribution in [1.29, 1.82) is 0 Å². The first-order valence-electron chi connectivity index (χ1n) is 9.47. The second kappa shape index (κ2) is 8.97. The zero-order valence-corrected chi connectivity index (χ0v) is 16.8. The number of imidazole rings is 1. The molecular weight excluding hydrogens is 405 g/mol. The predicted octanol–water partition coefficient (Wildman–Crippen LogP) is 4.84. The van der Waals surface area contributed by atoms with Gasteiger partial charge in [-0.25, -0.2) is 9.37 Å². The minimum Gasteiger partial charge on any atom is -0.490 e. The van der Waals surface area contributed by atoms with Gasteiger partial charge in [-0.15, -0.1) is 0 Å². The fourth-order valence-corrected chi connectivity index (χ4v) is 3.37. The number of hydrogen-bond donors (Lipinski definition) is 1.